The molecule has 4 atom stereocenters. The first-order valence-electron chi connectivity index (χ1n) is 49.2. The van der Waals surface area contributed by atoms with Gasteiger partial charge in [0.2, 0.25) is 0 Å². The van der Waals surface area contributed by atoms with Crippen LogP contribution in [0, 0.1) is 21.7 Å². The van der Waals surface area contributed by atoms with Crippen LogP contribution in [0.4, 0.5) is 29.1 Å². The Balaban J connectivity index is 0.000000115. The molecule has 3 spiro atoms. The Kier molecular flexibility index (Phi) is 31.6. The SMILES string of the molecule is CC1(CN)CCN(c2cc(CO)c(-c3cccc(Cl)c3Cl)c3ncnn23)CC1.CC1(N)CCN(c2cc(CO)c(-c3cccc(Cl)c3Cl)c3ncnn23)CC1.CC1OCC2(CCN(c3cc(CO)c(-c4cccc(Cl)c4Cl)c4ncnn34)CC2)C1N.NC1CCCC12CCN(c1cc(CO)c(-c3cccc(Cl)c3Cl)c3ncnn13)CC2.NC1COCC12CCN(c1cc(CO)c(-c3cccc(Cl)c3Cl)c3ncnn13)CC2. The zero-order valence-electron chi connectivity index (χ0n) is 81.0. The Morgan fingerprint density at radius 1 is 0.349 bits per heavy atom. The fourth-order valence-corrected chi connectivity index (χ4v) is 24.5. The standard InChI is InChI=1S/C22H25Cl2N5O2.C22H25Cl2N5O.C21H23Cl2N5O2.C20H23Cl2N5O.C19H21Cl2N5O/c1-13-20(25)22(11-31-13)5-7-28(8-6-22)17-9-14(10-30)18(21-26-12-27-29(17)21)15-3-2-4-16(23)19(15)24;23-16-4-1-3-15(20(16)24)19-14(12-30)11-18(29-21(19)26-13-27-29)28-9-7-22(8-10-28)6-2-5-17(22)25;22-15-3-1-2-14(19(15)23)18-13(9-29)8-17(28-20(18)25-12-26-28)27-6-4-21(5-7-27)11-30-10-16(21)24;1-20(11-23)5-7-26(8-6-20)16-9-13(10-28)17(19-24-12-25-27(16)19)14-3-2-4-15(21)18(14)22;1-19(22)5-7-25(8-6-19)15-9-12(10-27)16(18-23-11-24-26(15)18)13-3-2-4-14(20)17(13)21/h2-4,9,12-13,20,30H,5-8,10-11,25H2,1H3;1,3-4,11,13,17,30H,2,5-10,12,25H2;1-3,8,12,16,29H,4-7,9-11,24H2;2-4,9,12,28H,5-8,10-11,23H2,1H3;2-4,9,11,27H,5-8,10,22H2,1H3. The van der Waals surface area contributed by atoms with E-state index in [2.05, 4.69) is 95.7 Å². The van der Waals surface area contributed by atoms with Gasteiger partial charge in [0.05, 0.1) is 109 Å². The summed E-state index contributed by atoms with van der Waals surface area (Å²) in [4.78, 5) is 33.8. The molecule has 146 heavy (non-hydrogen) atoms. The van der Waals surface area contributed by atoms with Gasteiger partial charge in [0.25, 0.3) is 0 Å². The zero-order chi connectivity index (χ0) is 103. The molecule has 23 rings (SSSR count). The summed E-state index contributed by atoms with van der Waals surface area (Å²) in [7, 11) is 0. The first-order chi connectivity index (χ1) is 70.4. The van der Waals surface area contributed by atoms with Crippen molar-refractivity contribution in [1.82, 2.24) is 73.0 Å². The third-order valence-electron chi connectivity index (χ3n) is 31.6. The Labute approximate surface area is 894 Å². The summed E-state index contributed by atoms with van der Waals surface area (Å²) in [5, 5.41) is 77.5. The zero-order valence-corrected chi connectivity index (χ0v) is 88.6. The van der Waals surface area contributed by atoms with Crippen molar-refractivity contribution in [2.45, 2.75) is 167 Å². The van der Waals surface area contributed by atoms with Crippen LogP contribution in [0.1, 0.15) is 132 Å². The van der Waals surface area contributed by atoms with Gasteiger partial charge in [-0.25, -0.2) is 24.9 Å². The normalized spacial score (nSPS) is 19.9. The van der Waals surface area contributed by atoms with E-state index >= 15 is 0 Å². The summed E-state index contributed by atoms with van der Waals surface area (Å²) in [6.45, 7) is 17.0. The van der Waals surface area contributed by atoms with E-state index in [9.17, 15) is 25.5 Å². The van der Waals surface area contributed by atoms with E-state index in [4.69, 9.17) is 154 Å². The molecule has 15 aromatic rings. The lowest BCUT2D eigenvalue weighted by atomic mass is 9.73. The number of anilines is 5. The van der Waals surface area contributed by atoms with E-state index < -0.39 is 0 Å². The van der Waals surface area contributed by atoms with Crippen LogP contribution in [-0.4, -0.2) is 220 Å². The number of hydrogen-bond donors (Lipinski definition) is 10. The topological polar surface area (TPSA) is 417 Å². The number of ether oxygens (including phenoxy) is 2. The molecule has 8 fully saturated rings. The summed E-state index contributed by atoms with van der Waals surface area (Å²) in [6.07, 6.45) is 21.1. The van der Waals surface area contributed by atoms with E-state index in [1.165, 1.54) is 38.2 Å². The number of rotatable bonds is 16. The molecule has 770 valence electrons. The number of aliphatic hydroxyl groups excluding tert-OH is 5. The molecule has 0 bridgehead atoms. The Morgan fingerprint density at radius 3 is 0.856 bits per heavy atom. The number of aromatic nitrogens is 15. The highest BCUT2D eigenvalue weighted by molar-refractivity contribution is 6.46. The summed E-state index contributed by atoms with van der Waals surface area (Å²) in [6, 6.07) is 37.6. The van der Waals surface area contributed by atoms with Crippen molar-refractivity contribution in [3.8, 4) is 55.6 Å². The van der Waals surface area contributed by atoms with E-state index in [1.54, 1.807) is 41.2 Å². The molecule has 7 aliphatic heterocycles. The van der Waals surface area contributed by atoms with Crippen LogP contribution in [0.2, 0.25) is 50.2 Å². The van der Waals surface area contributed by atoms with Gasteiger partial charge in [-0.1, -0.05) is 190 Å². The first kappa shape index (κ1) is 105. The minimum absolute atomic E-state index is 0.0332. The van der Waals surface area contributed by atoms with Gasteiger partial charge in [0, 0.05) is 156 Å². The van der Waals surface area contributed by atoms with Crippen LogP contribution in [0.5, 0.6) is 0 Å². The van der Waals surface area contributed by atoms with Crippen LogP contribution in [0.15, 0.2) is 153 Å². The minimum Gasteiger partial charge on any atom is -0.392 e. The molecule has 32 nitrogen and oxygen atoms in total. The van der Waals surface area contributed by atoms with Crippen molar-refractivity contribution in [3.05, 3.63) is 231 Å². The largest absolute Gasteiger partial charge is 0.392 e. The van der Waals surface area contributed by atoms with Crippen LogP contribution < -0.4 is 53.2 Å². The second kappa shape index (κ2) is 43.9. The highest BCUT2D eigenvalue weighted by Crippen LogP contribution is 2.52. The number of nitrogens with zero attached hydrogens (tertiary/aromatic N) is 20. The second-order valence-corrected chi connectivity index (χ2v) is 44.1. The molecule has 0 radical (unpaired) electrons. The van der Waals surface area contributed by atoms with Gasteiger partial charge in [0.1, 0.15) is 60.7 Å². The van der Waals surface area contributed by atoms with Gasteiger partial charge in [-0.05, 0) is 197 Å². The maximum atomic E-state index is 10.2. The van der Waals surface area contributed by atoms with Crippen molar-refractivity contribution < 1.29 is 35.0 Å². The van der Waals surface area contributed by atoms with Crippen molar-refractivity contribution in [3.63, 3.8) is 0 Å². The fourth-order valence-electron chi connectivity index (χ4n) is 22.5. The van der Waals surface area contributed by atoms with Crippen molar-refractivity contribution in [2.75, 3.05) is 116 Å². The van der Waals surface area contributed by atoms with Crippen molar-refractivity contribution in [2.24, 2.45) is 50.3 Å². The highest BCUT2D eigenvalue weighted by Gasteiger charge is 2.50. The first-order valence-corrected chi connectivity index (χ1v) is 52.9. The van der Waals surface area contributed by atoms with Gasteiger partial charge in [-0.15, -0.1) is 0 Å². The third-order valence-corrected chi connectivity index (χ3v) is 35.7. The van der Waals surface area contributed by atoms with E-state index in [0.717, 1.165) is 262 Å². The summed E-state index contributed by atoms with van der Waals surface area (Å²) in [5.74, 6) is 4.54. The molecule has 4 unspecified atom stereocenters. The van der Waals surface area contributed by atoms with Crippen LogP contribution >= 0.6 is 116 Å². The lowest BCUT2D eigenvalue weighted by Gasteiger charge is -2.43. The Hall–Kier alpha value is -9.38. The predicted molar refractivity (Wildman–Crippen MR) is 580 cm³/mol. The van der Waals surface area contributed by atoms with Gasteiger partial charge < -0.3 is 88.2 Å². The van der Waals surface area contributed by atoms with Crippen LogP contribution in [-0.2, 0) is 42.5 Å². The van der Waals surface area contributed by atoms with Gasteiger partial charge >= 0.3 is 0 Å². The fraction of sp³-hybridized carbons (Fsp3) is 0.423. The number of pyridine rings is 5. The number of nitrogens with two attached hydrogens (primary N) is 5. The molecule has 1 aliphatic carbocycles. The van der Waals surface area contributed by atoms with E-state index in [0.29, 0.717) is 97.7 Å². The Bertz CT molecular complexity index is 7110. The molecule has 15 N–H and O–H groups in total. The average Bonchev–Trinajstić information content (AvgIpc) is 1.52. The molecule has 17 heterocycles. The maximum absolute atomic E-state index is 10.2. The minimum atomic E-state index is -0.150. The number of fused-ring (bicyclic) bond motifs is 5. The quantitative estimate of drug-likeness (QED) is 0.0429. The van der Waals surface area contributed by atoms with Crippen molar-refractivity contribution >= 4 is 173 Å². The lowest BCUT2D eigenvalue weighted by molar-refractivity contribution is 0.0974. The highest BCUT2D eigenvalue weighted by atomic mass is 35.5. The van der Waals surface area contributed by atoms with E-state index in [-0.39, 0.29) is 78.4 Å². The smallest absolute Gasteiger partial charge is 0.165 e. The predicted octanol–water partition coefficient (Wildman–Crippen LogP) is 18.2. The molecule has 10 aromatic heterocycles. The van der Waals surface area contributed by atoms with Crippen LogP contribution in [0.25, 0.3) is 83.9 Å². The Morgan fingerprint density at radius 2 is 0.616 bits per heavy atom. The molecule has 7 saturated heterocycles. The number of halogens is 10. The number of hydrogen-bond acceptors (Lipinski definition) is 27. The maximum Gasteiger partial charge on any atom is 0.165 e. The molecule has 8 aliphatic rings. The average molecular weight is 2180 g/mol. The van der Waals surface area contributed by atoms with E-state index in [1.807, 2.05) is 109 Å². The monoisotopic (exact) mass is 2180 g/mol. The third kappa shape index (κ3) is 20.1. The molecule has 42 heteroatoms. The molecule has 0 amide bonds. The molecular weight excluding hydrogens is 2070 g/mol. The lowest BCUT2D eigenvalue weighted by Crippen LogP contribution is -2.51. The molecule has 1 saturated carbocycles. The molecular formula is C104H117Cl10N25O7. The number of aliphatic hydroxyl groups is 5. The van der Waals surface area contributed by atoms with Crippen LogP contribution in [0.3, 0.4) is 0 Å². The second-order valence-electron chi connectivity index (χ2n) is 40.1. The number of piperidine rings is 5. The van der Waals surface area contributed by atoms with Crippen molar-refractivity contribution in [1.29, 1.82) is 0 Å². The number of benzene rings is 5. The van der Waals surface area contributed by atoms with Gasteiger partial charge in [0.15, 0.2) is 28.2 Å². The summed E-state index contributed by atoms with van der Waals surface area (Å²) < 4.78 is 20.6. The summed E-state index contributed by atoms with van der Waals surface area (Å²) >= 11 is 63.6. The summed E-state index contributed by atoms with van der Waals surface area (Å²) in [5.41, 5.74) is 46.2. The molecule has 5 aromatic carbocycles. The van der Waals surface area contributed by atoms with Gasteiger partial charge in [-0.3, -0.25) is 0 Å². The van der Waals surface area contributed by atoms with Gasteiger partial charge in [-0.2, -0.15) is 48.1 Å².